The molecular formula is C12H19NO3. The van der Waals surface area contributed by atoms with E-state index in [1.54, 1.807) is 4.90 Å². The maximum atomic E-state index is 11.9. The summed E-state index contributed by atoms with van der Waals surface area (Å²) in [5.41, 5.74) is -0.476. The minimum atomic E-state index is -0.476. The van der Waals surface area contributed by atoms with Crippen molar-refractivity contribution in [3.05, 3.63) is 0 Å². The molecule has 0 aromatic heterocycles. The number of hydrogen-bond donors (Lipinski definition) is 0. The van der Waals surface area contributed by atoms with Gasteiger partial charge in [-0.15, -0.1) is 12.3 Å². The van der Waals surface area contributed by atoms with Crippen molar-refractivity contribution in [2.24, 2.45) is 0 Å². The van der Waals surface area contributed by atoms with Gasteiger partial charge in [-0.05, 0) is 20.8 Å². The smallest absolute Gasteiger partial charge is 0.410 e. The second-order valence-electron chi connectivity index (χ2n) is 4.81. The minimum Gasteiger partial charge on any atom is -0.444 e. The summed E-state index contributed by atoms with van der Waals surface area (Å²) in [6.45, 7) is 7.12. The molecule has 0 saturated carbocycles. The average molecular weight is 225 g/mol. The molecule has 4 nitrogen and oxygen atoms in total. The molecule has 0 aromatic carbocycles. The molecule has 4 heteroatoms. The van der Waals surface area contributed by atoms with Crippen molar-refractivity contribution in [2.45, 2.75) is 38.8 Å². The van der Waals surface area contributed by atoms with Gasteiger partial charge in [-0.25, -0.2) is 4.79 Å². The van der Waals surface area contributed by atoms with Gasteiger partial charge in [0.1, 0.15) is 5.60 Å². The molecule has 0 radical (unpaired) electrons. The number of amides is 1. The van der Waals surface area contributed by atoms with Crippen LogP contribution >= 0.6 is 0 Å². The first kappa shape index (κ1) is 12.9. The summed E-state index contributed by atoms with van der Waals surface area (Å²) in [7, 11) is 0. The molecule has 90 valence electrons. The van der Waals surface area contributed by atoms with Gasteiger partial charge < -0.3 is 9.47 Å². The Morgan fingerprint density at radius 1 is 1.62 bits per heavy atom. The monoisotopic (exact) mass is 225 g/mol. The van der Waals surface area contributed by atoms with Gasteiger partial charge in [-0.2, -0.15) is 0 Å². The fourth-order valence-electron chi connectivity index (χ4n) is 1.52. The fraction of sp³-hybridized carbons (Fsp3) is 0.750. The van der Waals surface area contributed by atoms with Crippen LogP contribution in [0.3, 0.4) is 0 Å². The molecule has 1 atom stereocenters. The molecule has 1 amide bonds. The summed E-state index contributed by atoms with van der Waals surface area (Å²) in [5.74, 6) is 2.56. The maximum absolute atomic E-state index is 11.9. The third-order valence-corrected chi connectivity index (χ3v) is 2.21. The Bertz CT molecular complexity index is 288. The summed E-state index contributed by atoms with van der Waals surface area (Å²) in [6.07, 6.45) is 5.45. The standard InChI is InChI=1S/C12H19NO3/c1-5-6-10-9-15-8-7-13(10)11(14)16-12(2,3)4/h1,10H,6-9H2,2-4H3. The highest BCUT2D eigenvalue weighted by molar-refractivity contribution is 5.68. The molecule has 16 heavy (non-hydrogen) atoms. The van der Waals surface area contributed by atoms with Crippen molar-refractivity contribution < 1.29 is 14.3 Å². The van der Waals surface area contributed by atoms with E-state index in [0.29, 0.717) is 26.2 Å². The Balaban J connectivity index is 2.61. The van der Waals surface area contributed by atoms with E-state index in [9.17, 15) is 4.79 Å². The maximum Gasteiger partial charge on any atom is 0.410 e. The molecular weight excluding hydrogens is 206 g/mol. The fourth-order valence-corrected chi connectivity index (χ4v) is 1.52. The average Bonchev–Trinajstić information content (AvgIpc) is 2.16. The quantitative estimate of drug-likeness (QED) is 0.637. The van der Waals surface area contributed by atoms with E-state index in [1.807, 2.05) is 20.8 Å². The van der Waals surface area contributed by atoms with Gasteiger partial charge in [0.2, 0.25) is 0 Å². The number of nitrogens with zero attached hydrogens (tertiary/aromatic N) is 1. The van der Waals surface area contributed by atoms with Crippen molar-refractivity contribution in [1.29, 1.82) is 0 Å². The number of carbonyl (C=O) groups is 1. The molecule has 1 aliphatic rings. The van der Waals surface area contributed by atoms with Crippen LogP contribution in [0.4, 0.5) is 4.79 Å². The zero-order valence-corrected chi connectivity index (χ0v) is 10.2. The predicted molar refractivity (Wildman–Crippen MR) is 61.0 cm³/mol. The normalized spacial score (nSPS) is 21.4. The number of terminal acetylenes is 1. The lowest BCUT2D eigenvalue weighted by Gasteiger charge is -2.35. The molecule has 0 aromatic rings. The molecule has 1 aliphatic heterocycles. The summed E-state index contributed by atoms with van der Waals surface area (Å²) in [4.78, 5) is 13.5. The van der Waals surface area contributed by atoms with Crippen LogP contribution < -0.4 is 0 Å². The Labute approximate surface area is 96.9 Å². The highest BCUT2D eigenvalue weighted by Crippen LogP contribution is 2.15. The summed E-state index contributed by atoms with van der Waals surface area (Å²) < 4.78 is 10.6. The van der Waals surface area contributed by atoms with Gasteiger partial charge in [0.25, 0.3) is 0 Å². The van der Waals surface area contributed by atoms with Crippen LogP contribution in [0.15, 0.2) is 0 Å². The summed E-state index contributed by atoms with van der Waals surface area (Å²) in [6, 6.07) is -0.0615. The van der Waals surface area contributed by atoms with E-state index in [1.165, 1.54) is 0 Å². The Kier molecular flexibility index (Phi) is 4.19. The number of ether oxygens (including phenoxy) is 2. The number of hydrogen-bond acceptors (Lipinski definition) is 3. The van der Waals surface area contributed by atoms with Crippen molar-refractivity contribution in [2.75, 3.05) is 19.8 Å². The highest BCUT2D eigenvalue weighted by Gasteiger charge is 2.30. The molecule has 1 rings (SSSR count). The molecule has 0 spiro atoms. The third-order valence-electron chi connectivity index (χ3n) is 2.21. The van der Waals surface area contributed by atoms with Crippen LogP contribution in [0.5, 0.6) is 0 Å². The Morgan fingerprint density at radius 3 is 2.88 bits per heavy atom. The number of morpholine rings is 1. The van der Waals surface area contributed by atoms with Gasteiger partial charge in [0.05, 0.1) is 19.3 Å². The van der Waals surface area contributed by atoms with Crippen molar-refractivity contribution in [3.63, 3.8) is 0 Å². The van der Waals surface area contributed by atoms with E-state index >= 15 is 0 Å². The van der Waals surface area contributed by atoms with Crippen LogP contribution in [0, 0.1) is 12.3 Å². The van der Waals surface area contributed by atoms with E-state index in [4.69, 9.17) is 15.9 Å². The SMILES string of the molecule is C#CCC1COCCN1C(=O)OC(C)(C)C. The third kappa shape index (κ3) is 3.74. The van der Waals surface area contributed by atoms with E-state index in [2.05, 4.69) is 5.92 Å². The molecule has 1 fully saturated rings. The Hall–Kier alpha value is -1.21. The lowest BCUT2D eigenvalue weighted by Crippen LogP contribution is -2.50. The lowest BCUT2D eigenvalue weighted by atomic mass is 10.1. The molecule has 0 aliphatic carbocycles. The van der Waals surface area contributed by atoms with Crippen LogP contribution in [0.1, 0.15) is 27.2 Å². The molecule has 0 N–H and O–H groups in total. The van der Waals surface area contributed by atoms with Crippen LogP contribution in [-0.4, -0.2) is 42.4 Å². The van der Waals surface area contributed by atoms with Crippen LogP contribution in [-0.2, 0) is 9.47 Å². The largest absolute Gasteiger partial charge is 0.444 e. The van der Waals surface area contributed by atoms with Gasteiger partial charge in [-0.1, -0.05) is 0 Å². The molecule has 1 saturated heterocycles. The summed E-state index contributed by atoms with van der Waals surface area (Å²) >= 11 is 0. The van der Waals surface area contributed by atoms with Crippen molar-refractivity contribution >= 4 is 6.09 Å². The van der Waals surface area contributed by atoms with Gasteiger partial charge in [0, 0.05) is 13.0 Å². The van der Waals surface area contributed by atoms with Crippen LogP contribution in [0.25, 0.3) is 0 Å². The zero-order chi connectivity index (χ0) is 12.2. The van der Waals surface area contributed by atoms with Crippen molar-refractivity contribution in [1.82, 2.24) is 4.90 Å². The minimum absolute atomic E-state index is 0.0615. The van der Waals surface area contributed by atoms with Gasteiger partial charge in [-0.3, -0.25) is 4.90 Å². The Morgan fingerprint density at radius 2 is 2.31 bits per heavy atom. The number of rotatable bonds is 1. The zero-order valence-electron chi connectivity index (χ0n) is 10.2. The first-order chi connectivity index (χ1) is 7.44. The summed E-state index contributed by atoms with van der Waals surface area (Å²) in [5, 5.41) is 0. The first-order valence-electron chi connectivity index (χ1n) is 5.45. The highest BCUT2D eigenvalue weighted by atomic mass is 16.6. The lowest BCUT2D eigenvalue weighted by molar-refractivity contribution is -0.0309. The van der Waals surface area contributed by atoms with E-state index < -0.39 is 5.60 Å². The van der Waals surface area contributed by atoms with Gasteiger partial charge in [0.15, 0.2) is 0 Å². The van der Waals surface area contributed by atoms with Crippen molar-refractivity contribution in [3.8, 4) is 12.3 Å². The van der Waals surface area contributed by atoms with Crippen LogP contribution in [0.2, 0.25) is 0 Å². The molecule has 0 bridgehead atoms. The second-order valence-corrected chi connectivity index (χ2v) is 4.81. The van der Waals surface area contributed by atoms with Gasteiger partial charge >= 0.3 is 6.09 Å². The topological polar surface area (TPSA) is 38.8 Å². The molecule has 1 unspecified atom stereocenters. The van der Waals surface area contributed by atoms with E-state index in [-0.39, 0.29) is 12.1 Å². The van der Waals surface area contributed by atoms with E-state index in [0.717, 1.165) is 0 Å². The second kappa shape index (κ2) is 5.22. The molecule has 1 heterocycles. The first-order valence-corrected chi connectivity index (χ1v) is 5.45. The number of carbonyl (C=O) groups excluding carboxylic acids is 1. The predicted octanol–water partition coefficient (Wildman–Crippen LogP) is 1.65.